The molecule has 13 heteroatoms. The minimum atomic E-state index is -0.559. The zero-order chi connectivity index (χ0) is 38.8. The van der Waals surface area contributed by atoms with E-state index < -0.39 is 16.6 Å². The number of rotatable bonds is 6. The van der Waals surface area contributed by atoms with Gasteiger partial charge in [0.25, 0.3) is 0 Å². The lowest BCUT2D eigenvalue weighted by molar-refractivity contribution is -0.128. The molecular formula is C41H60Cl3N3O7. The van der Waals surface area contributed by atoms with Crippen molar-refractivity contribution in [2.45, 2.75) is 93.7 Å². The molecule has 3 atom stereocenters. The summed E-state index contributed by atoms with van der Waals surface area (Å²) in [6.07, 6.45) is 10.6. The molecule has 6 rings (SSSR count). The van der Waals surface area contributed by atoms with Crippen LogP contribution in [0.2, 0.25) is 15.1 Å². The van der Waals surface area contributed by atoms with Crippen LogP contribution in [0.1, 0.15) is 93.7 Å². The molecule has 3 fully saturated rings. The second kappa shape index (κ2) is 25.4. The maximum atomic E-state index is 12.2. The summed E-state index contributed by atoms with van der Waals surface area (Å²) in [5.41, 5.74) is 1.08. The summed E-state index contributed by atoms with van der Waals surface area (Å²) >= 11 is 18.6. The molecule has 0 heterocycles. The van der Waals surface area contributed by atoms with E-state index in [1.807, 2.05) is 93.9 Å². The molecule has 0 spiro atoms. The Kier molecular flexibility index (Phi) is 24.1. The molecule has 0 aliphatic heterocycles. The summed E-state index contributed by atoms with van der Waals surface area (Å²) in [5, 5.41) is 25.6. The number of aliphatic hydroxyl groups excluding tert-OH is 2. The largest absolute Gasteiger partial charge is 0.412 e. The fourth-order valence-electron chi connectivity index (χ4n) is 7.56. The highest BCUT2D eigenvalue weighted by atomic mass is 35.5. The smallest absolute Gasteiger partial charge is 0.157 e. The maximum absolute atomic E-state index is 12.2. The van der Waals surface area contributed by atoms with Gasteiger partial charge >= 0.3 is 0 Å². The minimum Gasteiger partial charge on any atom is -0.412 e. The third kappa shape index (κ3) is 11.6. The van der Waals surface area contributed by atoms with Crippen molar-refractivity contribution in [1.29, 1.82) is 0 Å². The van der Waals surface area contributed by atoms with Gasteiger partial charge in [-0.1, -0.05) is 109 Å². The molecule has 3 aliphatic carbocycles. The molecule has 54 heavy (non-hydrogen) atoms. The fourth-order valence-corrected chi connectivity index (χ4v) is 8.45. The van der Waals surface area contributed by atoms with E-state index in [9.17, 15) is 14.4 Å². The topological polar surface area (TPSA) is 191 Å². The third-order valence-electron chi connectivity index (χ3n) is 10.3. The van der Waals surface area contributed by atoms with E-state index in [1.54, 1.807) is 0 Å². The van der Waals surface area contributed by atoms with E-state index in [2.05, 4.69) is 16.0 Å². The summed E-state index contributed by atoms with van der Waals surface area (Å²) in [6, 6.07) is 22.8. The van der Waals surface area contributed by atoms with Crippen molar-refractivity contribution in [2.75, 3.05) is 35.4 Å². The lowest BCUT2D eigenvalue weighted by Gasteiger charge is -2.36. The zero-order valence-electron chi connectivity index (χ0n) is 32.2. The monoisotopic (exact) mass is 811 g/mol. The van der Waals surface area contributed by atoms with Crippen LogP contribution in [0.5, 0.6) is 0 Å². The Bertz CT molecular complexity index is 1410. The maximum Gasteiger partial charge on any atom is 0.157 e. The van der Waals surface area contributed by atoms with Crippen LogP contribution >= 0.6 is 34.8 Å². The van der Waals surface area contributed by atoms with Crippen molar-refractivity contribution in [3.63, 3.8) is 0 Å². The van der Waals surface area contributed by atoms with Gasteiger partial charge in [-0.3, -0.25) is 14.4 Å². The van der Waals surface area contributed by atoms with Crippen LogP contribution in [-0.4, -0.2) is 73.9 Å². The number of halogens is 3. The summed E-state index contributed by atoms with van der Waals surface area (Å²) in [5.74, 6) is 0.776. The van der Waals surface area contributed by atoms with Gasteiger partial charge in [0, 0.05) is 48.5 Å². The van der Waals surface area contributed by atoms with Crippen LogP contribution in [-0.2, 0) is 31.0 Å². The summed E-state index contributed by atoms with van der Waals surface area (Å²) < 4.78 is 0. The Labute approximate surface area is 336 Å². The van der Waals surface area contributed by atoms with Crippen molar-refractivity contribution >= 4 is 52.2 Å². The van der Waals surface area contributed by atoms with E-state index in [0.29, 0.717) is 34.3 Å². The first-order chi connectivity index (χ1) is 25.1. The number of nitrogens with one attached hydrogen (secondary N) is 3. The lowest BCUT2D eigenvalue weighted by Crippen LogP contribution is -2.49. The fraction of sp³-hybridized carbons (Fsp3) is 0.488. The van der Waals surface area contributed by atoms with Gasteiger partial charge in [0.15, 0.2) is 17.3 Å². The molecule has 3 saturated carbocycles. The average molecular weight is 813 g/mol. The van der Waals surface area contributed by atoms with Crippen LogP contribution in [0.15, 0.2) is 72.8 Å². The second-order valence-electron chi connectivity index (χ2n) is 12.8. The van der Waals surface area contributed by atoms with Gasteiger partial charge in [0.2, 0.25) is 0 Å². The van der Waals surface area contributed by atoms with E-state index in [0.717, 1.165) is 88.7 Å². The summed E-state index contributed by atoms with van der Waals surface area (Å²) in [4.78, 5) is 36.5. The standard InChI is InChI=1S/3C13H16ClNO.2CH4O.2H2O/c3*1-15-13(9-5-4-8-12(13)16)10-6-2-3-7-11(10)14;2*1-2;;/h3*2-3,6-7,15H,4-5,8-9H2,1H3;2*2H,1H3;2*1H2/t2*13-;;;;;/m00...../s1. The molecule has 1 unspecified atom stereocenters. The SMILES string of the molecule is CNC1(c2ccccc2Cl)CCCCC1=O.CN[C@]1(c2ccccc2Cl)CCCCC1=O.CN[C@]1(c2ccccc2Cl)CCCCC1=O.CO.CO.O.O. The Morgan fingerprint density at radius 1 is 0.444 bits per heavy atom. The van der Waals surface area contributed by atoms with Crippen LogP contribution in [0.4, 0.5) is 0 Å². The first-order valence-corrected chi connectivity index (χ1v) is 19.1. The van der Waals surface area contributed by atoms with Crippen molar-refractivity contribution in [2.24, 2.45) is 0 Å². The van der Waals surface area contributed by atoms with Gasteiger partial charge in [-0.2, -0.15) is 0 Å². The Morgan fingerprint density at radius 3 is 0.852 bits per heavy atom. The summed E-state index contributed by atoms with van der Waals surface area (Å²) in [6.45, 7) is 0. The van der Waals surface area contributed by atoms with Crippen LogP contribution < -0.4 is 16.0 Å². The van der Waals surface area contributed by atoms with Gasteiger partial charge in [0.1, 0.15) is 16.6 Å². The van der Waals surface area contributed by atoms with E-state index in [-0.39, 0.29) is 28.3 Å². The molecule has 0 aromatic heterocycles. The van der Waals surface area contributed by atoms with Gasteiger partial charge in [-0.25, -0.2) is 0 Å². The van der Waals surface area contributed by atoms with E-state index in [1.165, 1.54) is 0 Å². The summed E-state index contributed by atoms with van der Waals surface area (Å²) in [7, 11) is 7.52. The van der Waals surface area contributed by atoms with Gasteiger partial charge < -0.3 is 37.1 Å². The van der Waals surface area contributed by atoms with E-state index in [4.69, 9.17) is 45.0 Å². The zero-order valence-corrected chi connectivity index (χ0v) is 34.4. The molecule has 0 bridgehead atoms. The van der Waals surface area contributed by atoms with Crippen molar-refractivity contribution in [3.05, 3.63) is 105 Å². The van der Waals surface area contributed by atoms with Crippen molar-refractivity contribution in [1.82, 2.24) is 16.0 Å². The number of benzene rings is 3. The molecule has 3 aromatic rings. The lowest BCUT2D eigenvalue weighted by atomic mass is 9.75. The molecule has 0 amide bonds. The molecule has 3 aromatic carbocycles. The number of likely N-dealkylation sites (N-methyl/N-ethyl adjacent to an activating group) is 3. The van der Waals surface area contributed by atoms with Crippen LogP contribution in [0.3, 0.4) is 0 Å². The quantitative estimate of drug-likeness (QED) is 0.193. The highest BCUT2D eigenvalue weighted by molar-refractivity contribution is 6.32. The first-order valence-electron chi connectivity index (χ1n) is 17.9. The minimum absolute atomic E-state index is 0. The van der Waals surface area contributed by atoms with Crippen LogP contribution in [0, 0.1) is 0 Å². The molecular weight excluding hydrogens is 753 g/mol. The highest BCUT2D eigenvalue weighted by Crippen LogP contribution is 2.39. The normalized spacial score (nSPS) is 23.1. The van der Waals surface area contributed by atoms with E-state index >= 15 is 0 Å². The molecule has 0 radical (unpaired) electrons. The van der Waals surface area contributed by atoms with Gasteiger partial charge in [-0.05, 0) is 94.6 Å². The predicted octanol–water partition coefficient (Wildman–Crippen LogP) is 6.26. The predicted molar refractivity (Wildman–Crippen MR) is 221 cm³/mol. The molecule has 0 saturated heterocycles. The molecule has 9 N–H and O–H groups in total. The van der Waals surface area contributed by atoms with Gasteiger partial charge in [-0.15, -0.1) is 0 Å². The number of carbonyl (C=O) groups excluding carboxylic acids is 3. The van der Waals surface area contributed by atoms with Gasteiger partial charge in [0.05, 0.1) is 0 Å². The number of hydrogen-bond donors (Lipinski definition) is 5. The number of ketones is 3. The Hall–Kier alpha value is -2.74. The molecule has 302 valence electrons. The molecule has 3 aliphatic rings. The Balaban J connectivity index is 0.000000732. The first kappa shape index (κ1) is 51.3. The molecule has 10 nitrogen and oxygen atoms in total. The highest BCUT2D eigenvalue weighted by Gasteiger charge is 2.43. The van der Waals surface area contributed by atoms with Crippen molar-refractivity contribution in [3.8, 4) is 0 Å². The Morgan fingerprint density at radius 2 is 0.667 bits per heavy atom. The number of hydrogen-bond acceptors (Lipinski definition) is 8. The van der Waals surface area contributed by atoms with Crippen LogP contribution in [0.25, 0.3) is 0 Å². The number of Topliss-reactive ketones (excluding diaryl/α,β-unsaturated/α-hetero) is 3. The second-order valence-corrected chi connectivity index (χ2v) is 14.0. The average Bonchev–Trinajstić information content (AvgIpc) is 3.19. The number of aliphatic hydroxyl groups is 2. The van der Waals surface area contributed by atoms with Crippen molar-refractivity contribution < 1.29 is 35.5 Å². The number of carbonyl (C=O) groups is 3. The third-order valence-corrected chi connectivity index (χ3v) is 11.3.